The SMILES string of the molecule is CC1C(=O)N(C)CCN1S(C)(=O)=O. The van der Waals surface area contributed by atoms with Crippen LogP contribution in [0.1, 0.15) is 6.92 Å². The summed E-state index contributed by atoms with van der Waals surface area (Å²) >= 11 is 0. The van der Waals surface area contributed by atoms with E-state index < -0.39 is 16.1 Å². The van der Waals surface area contributed by atoms with Gasteiger partial charge in [0.15, 0.2) is 0 Å². The monoisotopic (exact) mass is 206 g/mol. The molecule has 0 aromatic heterocycles. The fourth-order valence-corrected chi connectivity index (χ4v) is 2.53. The second-order valence-corrected chi connectivity index (χ2v) is 5.24. The Morgan fingerprint density at radius 1 is 1.38 bits per heavy atom. The molecule has 1 aliphatic heterocycles. The van der Waals surface area contributed by atoms with Gasteiger partial charge in [0.05, 0.1) is 6.26 Å². The molecule has 6 heteroatoms. The second-order valence-electron chi connectivity index (χ2n) is 3.31. The van der Waals surface area contributed by atoms with Crippen molar-refractivity contribution >= 4 is 15.9 Å². The lowest BCUT2D eigenvalue weighted by Gasteiger charge is -2.35. The van der Waals surface area contributed by atoms with Crippen LogP contribution in [0.4, 0.5) is 0 Å². The van der Waals surface area contributed by atoms with Crippen molar-refractivity contribution in [3.05, 3.63) is 0 Å². The first-order chi connectivity index (χ1) is 5.84. The standard InChI is InChI=1S/C7H14N2O3S/c1-6-7(10)8(2)4-5-9(6)13(3,11)12/h6H,4-5H2,1-3H3. The second kappa shape index (κ2) is 3.26. The van der Waals surface area contributed by atoms with Gasteiger partial charge < -0.3 is 4.90 Å². The molecular formula is C7H14N2O3S. The van der Waals surface area contributed by atoms with Crippen LogP contribution in [0, 0.1) is 0 Å². The van der Waals surface area contributed by atoms with E-state index in [4.69, 9.17) is 0 Å². The molecule has 76 valence electrons. The molecule has 5 nitrogen and oxygen atoms in total. The third-order valence-corrected chi connectivity index (χ3v) is 3.60. The van der Waals surface area contributed by atoms with Gasteiger partial charge in [0, 0.05) is 20.1 Å². The highest BCUT2D eigenvalue weighted by molar-refractivity contribution is 7.88. The topological polar surface area (TPSA) is 57.7 Å². The van der Waals surface area contributed by atoms with E-state index in [0.717, 1.165) is 6.26 Å². The fourth-order valence-electron chi connectivity index (χ4n) is 1.45. The Kier molecular flexibility index (Phi) is 2.63. The third kappa shape index (κ3) is 2.00. The minimum Gasteiger partial charge on any atom is -0.343 e. The molecule has 0 radical (unpaired) electrons. The summed E-state index contributed by atoms with van der Waals surface area (Å²) in [5, 5.41) is 0. The van der Waals surface area contributed by atoms with Crippen LogP contribution >= 0.6 is 0 Å². The van der Waals surface area contributed by atoms with Crippen molar-refractivity contribution in [1.29, 1.82) is 0 Å². The largest absolute Gasteiger partial charge is 0.343 e. The Labute approximate surface area is 78.4 Å². The molecule has 1 aliphatic rings. The van der Waals surface area contributed by atoms with Gasteiger partial charge in [0.25, 0.3) is 0 Å². The molecule has 0 spiro atoms. The highest BCUT2D eigenvalue weighted by atomic mass is 32.2. The maximum atomic E-state index is 11.4. The molecule has 0 aromatic rings. The average molecular weight is 206 g/mol. The van der Waals surface area contributed by atoms with Crippen LogP contribution in [0.5, 0.6) is 0 Å². The minimum absolute atomic E-state index is 0.142. The normalized spacial score (nSPS) is 26.5. The van der Waals surface area contributed by atoms with Crippen LogP contribution in [0.2, 0.25) is 0 Å². The molecule has 1 rings (SSSR count). The summed E-state index contributed by atoms with van der Waals surface area (Å²) in [6, 6.07) is -0.561. The zero-order valence-electron chi connectivity index (χ0n) is 8.02. The lowest BCUT2D eigenvalue weighted by Crippen LogP contribution is -2.55. The highest BCUT2D eigenvalue weighted by Crippen LogP contribution is 2.12. The van der Waals surface area contributed by atoms with Gasteiger partial charge >= 0.3 is 0 Å². The number of hydrogen-bond acceptors (Lipinski definition) is 3. The van der Waals surface area contributed by atoms with E-state index in [9.17, 15) is 13.2 Å². The number of likely N-dealkylation sites (N-methyl/N-ethyl adjacent to an activating group) is 1. The van der Waals surface area contributed by atoms with E-state index in [1.807, 2.05) is 0 Å². The molecular weight excluding hydrogens is 192 g/mol. The molecule has 1 amide bonds. The van der Waals surface area contributed by atoms with Crippen LogP contribution in [0.3, 0.4) is 0 Å². The number of rotatable bonds is 1. The molecule has 1 atom stereocenters. The lowest BCUT2D eigenvalue weighted by atomic mass is 10.2. The van der Waals surface area contributed by atoms with Gasteiger partial charge in [-0.1, -0.05) is 0 Å². The molecule has 0 aliphatic carbocycles. The van der Waals surface area contributed by atoms with E-state index in [-0.39, 0.29) is 5.91 Å². The maximum Gasteiger partial charge on any atom is 0.240 e. The van der Waals surface area contributed by atoms with Crippen molar-refractivity contribution in [2.45, 2.75) is 13.0 Å². The van der Waals surface area contributed by atoms with E-state index in [0.29, 0.717) is 13.1 Å². The number of hydrogen-bond donors (Lipinski definition) is 0. The fraction of sp³-hybridized carbons (Fsp3) is 0.857. The molecule has 0 bridgehead atoms. The van der Waals surface area contributed by atoms with Gasteiger partial charge in [0.2, 0.25) is 15.9 Å². The average Bonchev–Trinajstić information content (AvgIpc) is 1.98. The quantitative estimate of drug-likeness (QED) is 0.559. The Bertz CT molecular complexity index is 312. The summed E-state index contributed by atoms with van der Waals surface area (Å²) in [6.07, 6.45) is 1.13. The minimum atomic E-state index is -3.25. The Balaban J connectivity index is 2.88. The van der Waals surface area contributed by atoms with Gasteiger partial charge in [-0.05, 0) is 6.92 Å². The van der Waals surface area contributed by atoms with Crippen LogP contribution < -0.4 is 0 Å². The zero-order chi connectivity index (χ0) is 10.2. The Morgan fingerprint density at radius 2 is 1.92 bits per heavy atom. The van der Waals surface area contributed by atoms with Crippen molar-refractivity contribution in [3.8, 4) is 0 Å². The molecule has 0 aromatic carbocycles. The summed E-state index contributed by atoms with van der Waals surface area (Å²) in [5.41, 5.74) is 0. The molecule has 1 unspecified atom stereocenters. The van der Waals surface area contributed by atoms with E-state index in [2.05, 4.69) is 0 Å². The van der Waals surface area contributed by atoms with Crippen LogP contribution in [-0.4, -0.2) is 56.0 Å². The highest BCUT2D eigenvalue weighted by Gasteiger charge is 2.34. The van der Waals surface area contributed by atoms with Gasteiger partial charge in [-0.2, -0.15) is 4.31 Å². The smallest absolute Gasteiger partial charge is 0.240 e. The number of carbonyl (C=O) groups excluding carboxylic acids is 1. The van der Waals surface area contributed by atoms with Crippen molar-refractivity contribution in [1.82, 2.24) is 9.21 Å². The summed E-state index contributed by atoms with van der Waals surface area (Å²) in [4.78, 5) is 12.9. The summed E-state index contributed by atoms with van der Waals surface area (Å²) in [5.74, 6) is -0.142. The number of carbonyl (C=O) groups is 1. The predicted octanol–water partition coefficient (Wildman–Crippen LogP) is -0.891. The summed E-state index contributed by atoms with van der Waals surface area (Å²) in [7, 11) is -1.57. The van der Waals surface area contributed by atoms with Crippen molar-refractivity contribution in [2.75, 3.05) is 26.4 Å². The molecule has 13 heavy (non-hydrogen) atoms. The number of piperazine rings is 1. The van der Waals surface area contributed by atoms with Crippen molar-refractivity contribution < 1.29 is 13.2 Å². The summed E-state index contributed by atoms with van der Waals surface area (Å²) < 4.78 is 23.6. The van der Waals surface area contributed by atoms with Crippen molar-refractivity contribution in [2.24, 2.45) is 0 Å². The van der Waals surface area contributed by atoms with Gasteiger partial charge in [-0.15, -0.1) is 0 Å². The Morgan fingerprint density at radius 3 is 2.38 bits per heavy atom. The molecule has 0 saturated carbocycles. The predicted molar refractivity (Wildman–Crippen MR) is 48.6 cm³/mol. The molecule has 1 fully saturated rings. The van der Waals surface area contributed by atoms with Crippen molar-refractivity contribution in [3.63, 3.8) is 0 Å². The number of nitrogens with zero attached hydrogens (tertiary/aromatic N) is 2. The van der Waals surface area contributed by atoms with Crippen LogP contribution in [-0.2, 0) is 14.8 Å². The summed E-state index contributed by atoms with van der Waals surface area (Å²) in [6.45, 7) is 2.47. The third-order valence-electron chi connectivity index (χ3n) is 2.25. The zero-order valence-corrected chi connectivity index (χ0v) is 8.84. The first-order valence-corrected chi connectivity index (χ1v) is 5.90. The Hall–Kier alpha value is -0.620. The van der Waals surface area contributed by atoms with Crippen LogP contribution in [0.25, 0.3) is 0 Å². The van der Waals surface area contributed by atoms with E-state index in [1.54, 1.807) is 18.9 Å². The lowest BCUT2D eigenvalue weighted by molar-refractivity contribution is -0.136. The van der Waals surface area contributed by atoms with Gasteiger partial charge in [-0.3, -0.25) is 4.79 Å². The van der Waals surface area contributed by atoms with E-state index in [1.165, 1.54) is 4.31 Å². The van der Waals surface area contributed by atoms with Crippen LogP contribution in [0.15, 0.2) is 0 Å². The van der Waals surface area contributed by atoms with E-state index >= 15 is 0 Å². The number of amides is 1. The van der Waals surface area contributed by atoms with Gasteiger partial charge in [-0.25, -0.2) is 8.42 Å². The first-order valence-electron chi connectivity index (χ1n) is 4.06. The first kappa shape index (κ1) is 10.5. The van der Waals surface area contributed by atoms with Gasteiger partial charge in [0.1, 0.15) is 6.04 Å². The maximum absolute atomic E-state index is 11.4. The number of sulfonamides is 1. The molecule has 0 N–H and O–H groups in total. The molecule has 1 saturated heterocycles. The molecule has 1 heterocycles.